The Kier molecular flexibility index (Phi) is 4.32. The van der Waals surface area contributed by atoms with E-state index in [1.54, 1.807) is 7.11 Å². The summed E-state index contributed by atoms with van der Waals surface area (Å²) in [4.78, 5) is 0. The van der Waals surface area contributed by atoms with Gasteiger partial charge in [0.2, 0.25) is 0 Å². The lowest BCUT2D eigenvalue weighted by molar-refractivity contribution is 0.412. The second-order valence-electron chi connectivity index (χ2n) is 4.70. The van der Waals surface area contributed by atoms with Crippen LogP contribution >= 0.6 is 15.9 Å². The fraction of sp³-hybridized carbons (Fsp3) is 0.571. The lowest BCUT2D eigenvalue weighted by Gasteiger charge is -2.21. The van der Waals surface area contributed by atoms with E-state index in [0.717, 1.165) is 16.1 Å². The zero-order valence-corrected chi connectivity index (χ0v) is 12.1. The molecule has 1 saturated carbocycles. The van der Waals surface area contributed by atoms with Crippen LogP contribution in [0.2, 0.25) is 0 Å². The van der Waals surface area contributed by atoms with Crippen LogP contribution in [-0.2, 0) is 0 Å². The van der Waals surface area contributed by atoms with Crippen molar-refractivity contribution < 1.29 is 4.74 Å². The predicted molar refractivity (Wildman–Crippen MR) is 75.7 cm³/mol. The van der Waals surface area contributed by atoms with E-state index in [4.69, 9.17) is 4.74 Å². The average Bonchev–Trinajstić information content (AvgIpc) is 2.76. The number of rotatable bonds is 4. The van der Waals surface area contributed by atoms with E-state index in [0.29, 0.717) is 6.04 Å². The standard InChI is InChI=1S/C14H20BrNO/c1-3-10-5-4-6-13(10)16-11-7-8-14(17-2)12(15)9-11/h7-10,13,16H,3-6H2,1-2H3. The summed E-state index contributed by atoms with van der Waals surface area (Å²) in [7, 11) is 1.69. The van der Waals surface area contributed by atoms with Gasteiger partial charge in [0.1, 0.15) is 5.75 Å². The fourth-order valence-electron chi connectivity index (χ4n) is 2.69. The van der Waals surface area contributed by atoms with Crippen molar-refractivity contribution in [3.8, 4) is 5.75 Å². The quantitative estimate of drug-likeness (QED) is 0.886. The average molecular weight is 298 g/mol. The van der Waals surface area contributed by atoms with Crippen molar-refractivity contribution in [3.63, 3.8) is 0 Å². The Labute approximate surface area is 112 Å². The van der Waals surface area contributed by atoms with Gasteiger partial charge in [-0.1, -0.05) is 19.8 Å². The van der Waals surface area contributed by atoms with Crippen molar-refractivity contribution in [1.82, 2.24) is 0 Å². The van der Waals surface area contributed by atoms with Crippen LogP contribution in [0.5, 0.6) is 5.75 Å². The molecule has 2 unspecified atom stereocenters. The molecule has 1 aliphatic rings. The first-order chi connectivity index (χ1) is 8.24. The molecule has 0 amide bonds. The van der Waals surface area contributed by atoms with Crippen LogP contribution in [-0.4, -0.2) is 13.2 Å². The monoisotopic (exact) mass is 297 g/mol. The van der Waals surface area contributed by atoms with E-state index in [-0.39, 0.29) is 0 Å². The molecule has 0 aliphatic heterocycles. The first-order valence-corrected chi connectivity index (χ1v) is 7.14. The predicted octanol–water partition coefficient (Wildman–Crippen LogP) is 4.45. The number of hydrogen-bond donors (Lipinski definition) is 1. The Hall–Kier alpha value is -0.700. The van der Waals surface area contributed by atoms with Crippen molar-refractivity contribution in [1.29, 1.82) is 0 Å². The molecule has 17 heavy (non-hydrogen) atoms. The van der Waals surface area contributed by atoms with Gasteiger partial charge in [0.05, 0.1) is 11.6 Å². The summed E-state index contributed by atoms with van der Waals surface area (Å²) >= 11 is 3.52. The smallest absolute Gasteiger partial charge is 0.133 e. The molecule has 1 fully saturated rings. The molecule has 0 heterocycles. The van der Waals surface area contributed by atoms with E-state index in [1.807, 2.05) is 6.07 Å². The van der Waals surface area contributed by atoms with E-state index < -0.39 is 0 Å². The maximum absolute atomic E-state index is 5.24. The van der Waals surface area contributed by atoms with Gasteiger partial charge in [-0.15, -0.1) is 0 Å². The molecule has 0 bridgehead atoms. The number of anilines is 1. The Morgan fingerprint density at radius 1 is 1.41 bits per heavy atom. The third-order valence-electron chi connectivity index (χ3n) is 3.69. The number of nitrogens with one attached hydrogen (secondary N) is 1. The zero-order chi connectivity index (χ0) is 12.3. The summed E-state index contributed by atoms with van der Waals surface area (Å²) in [5, 5.41) is 3.65. The van der Waals surface area contributed by atoms with Gasteiger partial charge >= 0.3 is 0 Å². The van der Waals surface area contributed by atoms with Crippen LogP contribution in [0.3, 0.4) is 0 Å². The van der Waals surface area contributed by atoms with Gasteiger partial charge in [0, 0.05) is 11.7 Å². The summed E-state index contributed by atoms with van der Waals surface area (Å²) in [5.41, 5.74) is 1.18. The van der Waals surface area contributed by atoms with Crippen LogP contribution in [0.15, 0.2) is 22.7 Å². The number of ether oxygens (including phenoxy) is 1. The summed E-state index contributed by atoms with van der Waals surface area (Å²) in [5.74, 6) is 1.71. The Morgan fingerprint density at radius 3 is 2.88 bits per heavy atom. The van der Waals surface area contributed by atoms with E-state index in [1.165, 1.54) is 31.4 Å². The van der Waals surface area contributed by atoms with Gasteiger partial charge in [-0.25, -0.2) is 0 Å². The highest BCUT2D eigenvalue weighted by molar-refractivity contribution is 9.10. The minimum Gasteiger partial charge on any atom is -0.496 e. The maximum atomic E-state index is 5.24. The molecule has 0 radical (unpaired) electrons. The Bertz CT molecular complexity index is 380. The van der Waals surface area contributed by atoms with Gasteiger partial charge in [-0.05, 0) is 52.9 Å². The second kappa shape index (κ2) is 5.76. The van der Waals surface area contributed by atoms with Crippen LogP contribution in [0.25, 0.3) is 0 Å². The molecule has 0 spiro atoms. The summed E-state index contributed by atoms with van der Waals surface area (Å²) in [6.07, 6.45) is 5.29. The van der Waals surface area contributed by atoms with Crippen molar-refractivity contribution in [2.45, 2.75) is 38.6 Å². The third kappa shape index (κ3) is 2.95. The lowest BCUT2D eigenvalue weighted by atomic mass is 10.0. The lowest BCUT2D eigenvalue weighted by Crippen LogP contribution is -2.23. The first kappa shape index (κ1) is 12.7. The van der Waals surface area contributed by atoms with Gasteiger partial charge in [0.25, 0.3) is 0 Å². The third-order valence-corrected chi connectivity index (χ3v) is 4.31. The van der Waals surface area contributed by atoms with Crippen molar-refractivity contribution in [2.24, 2.45) is 5.92 Å². The first-order valence-electron chi connectivity index (χ1n) is 6.34. The molecule has 1 N–H and O–H groups in total. The van der Waals surface area contributed by atoms with Crippen molar-refractivity contribution >= 4 is 21.6 Å². The maximum Gasteiger partial charge on any atom is 0.133 e. The summed E-state index contributed by atoms with van der Waals surface area (Å²) in [6.45, 7) is 2.29. The van der Waals surface area contributed by atoms with Crippen molar-refractivity contribution in [3.05, 3.63) is 22.7 Å². The molecular formula is C14H20BrNO. The summed E-state index contributed by atoms with van der Waals surface area (Å²) in [6, 6.07) is 6.83. The van der Waals surface area contributed by atoms with Crippen LogP contribution in [0, 0.1) is 5.92 Å². The molecule has 2 atom stereocenters. The fourth-order valence-corrected chi connectivity index (χ4v) is 3.23. The highest BCUT2D eigenvalue weighted by Gasteiger charge is 2.25. The van der Waals surface area contributed by atoms with E-state index >= 15 is 0 Å². The van der Waals surface area contributed by atoms with Gasteiger partial charge in [-0.3, -0.25) is 0 Å². The molecule has 94 valence electrons. The molecule has 1 aromatic rings. The normalized spacial score (nSPS) is 23.7. The minimum absolute atomic E-state index is 0.639. The number of methoxy groups -OCH3 is 1. The molecule has 1 aliphatic carbocycles. The molecule has 2 nitrogen and oxygen atoms in total. The van der Waals surface area contributed by atoms with Gasteiger partial charge in [-0.2, -0.15) is 0 Å². The molecule has 0 aromatic heterocycles. The SMILES string of the molecule is CCC1CCCC1Nc1ccc(OC)c(Br)c1. The van der Waals surface area contributed by atoms with Crippen LogP contribution in [0.4, 0.5) is 5.69 Å². The van der Waals surface area contributed by atoms with E-state index in [2.05, 4.69) is 40.3 Å². The summed E-state index contributed by atoms with van der Waals surface area (Å²) < 4.78 is 6.25. The highest BCUT2D eigenvalue weighted by atomic mass is 79.9. The molecule has 0 saturated heterocycles. The molecular weight excluding hydrogens is 278 g/mol. The Morgan fingerprint density at radius 2 is 2.24 bits per heavy atom. The topological polar surface area (TPSA) is 21.3 Å². The molecule has 3 heteroatoms. The van der Waals surface area contributed by atoms with Crippen molar-refractivity contribution in [2.75, 3.05) is 12.4 Å². The zero-order valence-electron chi connectivity index (χ0n) is 10.5. The number of benzene rings is 1. The Balaban J connectivity index is 2.05. The minimum atomic E-state index is 0.639. The highest BCUT2D eigenvalue weighted by Crippen LogP contribution is 2.33. The van der Waals surface area contributed by atoms with Crippen LogP contribution in [0.1, 0.15) is 32.6 Å². The van der Waals surface area contributed by atoms with Crippen LogP contribution < -0.4 is 10.1 Å². The second-order valence-corrected chi connectivity index (χ2v) is 5.55. The number of hydrogen-bond acceptors (Lipinski definition) is 2. The number of halogens is 1. The van der Waals surface area contributed by atoms with Gasteiger partial charge in [0.15, 0.2) is 0 Å². The molecule has 2 rings (SSSR count). The largest absolute Gasteiger partial charge is 0.496 e. The molecule has 1 aromatic carbocycles. The van der Waals surface area contributed by atoms with Gasteiger partial charge < -0.3 is 10.1 Å². The van der Waals surface area contributed by atoms with E-state index in [9.17, 15) is 0 Å².